The Balaban J connectivity index is 2.14. The number of imidazole rings is 1. The lowest BCUT2D eigenvalue weighted by Gasteiger charge is -2.22. The van der Waals surface area contributed by atoms with Crippen LogP contribution in [-0.4, -0.2) is 28.6 Å². The molecule has 3 rings (SSSR count). The maximum atomic E-state index is 5.95. The van der Waals surface area contributed by atoms with E-state index in [1.54, 1.807) is 7.11 Å². The van der Waals surface area contributed by atoms with Crippen molar-refractivity contribution in [1.82, 2.24) is 9.55 Å². The highest BCUT2D eigenvalue weighted by Crippen LogP contribution is 2.36. The Morgan fingerprint density at radius 2 is 2.30 bits per heavy atom. The van der Waals surface area contributed by atoms with Gasteiger partial charge in [-0.15, -0.1) is 11.6 Å². The van der Waals surface area contributed by atoms with Crippen LogP contribution < -0.4 is 0 Å². The summed E-state index contributed by atoms with van der Waals surface area (Å²) < 4.78 is 9.10. The van der Waals surface area contributed by atoms with Crippen molar-refractivity contribution in [1.29, 1.82) is 0 Å². The maximum Gasteiger partial charge on any atom is 0.111 e. The normalized spacial score (nSPS) is 22.8. The molecular formula is C15H18BrClN2O. The summed E-state index contributed by atoms with van der Waals surface area (Å²) in [7, 11) is 1.80. The third-order valence-electron chi connectivity index (χ3n) is 4.09. The number of halogens is 2. The van der Waals surface area contributed by atoms with Crippen molar-refractivity contribution >= 4 is 38.6 Å². The minimum Gasteiger partial charge on any atom is -0.379 e. The summed E-state index contributed by atoms with van der Waals surface area (Å²) in [6.45, 7) is 0. The number of ether oxygens (including phenoxy) is 1. The van der Waals surface area contributed by atoms with E-state index in [4.69, 9.17) is 21.3 Å². The van der Waals surface area contributed by atoms with Gasteiger partial charge in [0.05, 0.1) is 23.2 Å². The number of alkyl halides is 1. The fourth-order valence-corrected chi connectivity index (χ4v) is 3.74. The molecule has 1 aromatic carbocycles. The molecule has 0 amide bonds. The van der Waals surface area contributed by atoms with E-state index in [1.807, 2.05) is 6.07 Å². The summed E-state index contributed by atoms with van der Waals surface area (Å²) in [5.74, 6) is 1.66. The van der Waals surface area contributed by atoms with Gasteiger partial charge in [0, 0.05) is 23.9 Å². The van der Waals surface area contributed by atoms with Crippen molar-refractivity contribution in [3.8, 4) is 0 Å². The van der Waals surface area contributed by atoms with Gasteiger partial charge in [-0.25, -0.2) is 4.98 Å². The van der Waals surface area contributed by atoms with Crippen molar-refractivity contribution < 1.29 is 4.74 Å². The Kier molecular flexibility index (Phi) is 4.34. The van der Waals surface area contributed by atoms with Gasteiger partial charge in [-0.05, 0) is 37.5 Å². The second-order valence-electron chi connectivity index (χ2n) is 5.24. The Labute approximate surface area is 132 Å². The zero-order chi connectivity index (χ0) is 14.1. The highest BCUT2D eigenvalue weighted by molar-refractivity contribution is 9.10. The maximum absolute atomic E-state index is 5.95. The molecule has 5 heteroatoms. The van der Waals surface area contributed by atoms with Gasteiger partial charge >= 0.3 is 0 Å². The molecular weight excluding hydrogens is 340 g/mol. The lowest BCUT2D eigenvalue weighted by atomic mass is 10.2. The summed E-state index contributed by atoms with van der Waals surface area (Å²) in [6, 6.07) is 6.61. The molecule has 1 aliphatic carbocycles. The molecule has 2 atom stereocenters. The number of methoxy groups -OCH3 is 1. The Morgan fingerprint density at radius 1 is 1.45 bits per heavy atom. The van der Waals surface area contributed by atoms with Crippen LogP contribution in [0.5, 0.6) is 0 Å². The van der Waals surface area contributed by atoms with Crippen LogP contribution in [0, 0.1) is 0 Å². The number of fused-ring (bicyclic) bond motifs is 1. The lowest BCUT2D eigenvalue weighted by molar-refractivity contribution is 0.0753. The van der Waals surface area contributed by atoms with Crippen LogP contribution in [-0.2, 0) is 11.2 Å². The number of nitrogens with zero attached hydrogens (tertiary/aromatic N) is 2. The minimum absolute atomic E-state index is 0.278. The summed E-state index contributed by atoms with van der Waals surface area (Å²) in [4.78, 5) is 4.76. The quantitative estimate of drug-likeness (QED) is 0.762. The van der Waals surface area contributed by atoms with Crippen LogP contribution >= 0.6 is 27.5 Å². The molecule has 0 saturated heterocycles. The van der Waals surface area contributed by atoms with Crippen molar-refractivity contribution in [3.05, 3.63) is 28.5 Å². The molecule has 0 spiro atoms. The lowest BCUT2D eigenvalue weighted by Crippen LogP contribution is -2.22. The number of hydrogen-bond acceptors (Lipinski definition) is 2. The van der Waals surface area contributed by atoms with Crippen LogP contribution in [0.2, 0.25) is 0 Å². The van der Waals surface area contributed by atoms with E-state index in [0.29, 0.717) is 11.9 Å². The standard InChI is InChI=1S/C15H18BrClN2O/c1-20-14-4-2-3-12(14)19-13-9-10(16)5-6-11(13)18-15(19)7-8-17/h5-6,9,12,14H,2-4,7-8H2,1H3. The van der Waals surface area contributed by atoms with Crippen LogP contribution in [0.3, 0.4) is 0 Å². The van der Waals surface area contributed by atoms with E-state index >= 15 is 0 Å². The van der Waals surface area contributed by atoms with Crippen LogP contribution in [0.15, 0.2) is 22.7 Å². The third kappa shape index (κ3) is 2.49. The third-order valence-corrected chi connectivity index (χ3v) is 4.78. The molecule has 1 fully saturated rings. The van der Waals surface area contributed by atoms with Crippen LogP contribution in [0.25, 0.3) is 11.0 Å². The Hall–Kier alpha value is -0.580. The molecule has 1 aliphatic rings. The first-order chi connectivity index (χ1) is 9.74. The molecule has 2 unspecified atom stereocenters. The zero-order valence-electron chi connectivity index (χ0n) is 11.5. The summed E-state index contributed by atoms with van der Waals surface area (Å²) in [6.07, 6.45) is 4.54. The van der Waals surface area contributed by atoms with Gasteiger partial charge in [0.2, 0.25) is 0 Å². The average molecular weight is 358 g/mol. The van der Waals surface area contributed by atoms with E-state index in [2.05, 4.69) is 32.6 Å². The fraction of sp³-hybridized carbons (Fsp3) is 0.533. The summed E-state index contributed by atoms with van der Waals surface area (Å²) in [5, 5.41) is 0. The molecule has 0 bridgehead atoms. The molecule has 20 heavy (non-hydrogen) atoms. The van der Waals surface area contributed by atoms with Crippen molar-refractivity contribution in [2.75, 3.05) is 13.0 Å². The van der Waals surface area contributed by atoms with Gasteiger partial charge in [0.15, 0.2) is 0 Å². The molecule has 0 aliphatic heterocycles. The van der Waals surface area contributed by atoms with Gasteiger partial charge in [-0.1, -0.05) is 15.9 Å². The van der Waals surface area contributed by atoms with Crippen molar-refractivity contribution in [2.45, 2.75) is 37.8 Å². The number of aryl methyl sites for hydroxylation is 1. The number of benzene rings is 1. The zero-order valence-corrected chi connectivity index (χ0v) is 13.8. The molecule has 0 N–H and O–H groups in total. The van der Waals surface area contributed by atoms with E-state index in [0.717, 1.165) is 35.1 Å². The van der Waals surface area contributed by atoms with Gasteiger partial charge in [-0.2, -0.15) is 0 Å². The topological polar surface area (TPSA) is 27.1 Å². The van der Waals surface area contributed by atoms with Gasteiger partial charge in [-0.3, -0.25) is 0 Å². The second-order valence-corrected chi connectivity index (χ2v) is 6.54. The molecule has 1 heterocycles. The van der Waals surface area contributed by atoms with Crippen molar-refractivity contribution in [3.63, 3.8) is 0 Å². The SMILES string of the molecule is COC1CCCC1n1c(CCCl)nc2ccc(Br)cc21. The van der Waals surface area contributed by atoms with E-state index < -0.39 is 0 Å². The number of rotatable bonds is 4. The highest BCUT2D eigenvalue weighted by Gasteiger charge is 2.31. The van der Waals surface area contributed by atoms with Gasteiger partial charge in [0.25, 0.3) is 0 Å². The summed E-state index contributed by atoms with van der Waals surface area (Å²) >= 11 is 9.51. The van der Waals surface area contributed by atoms with Crippen LogP contribution in [0.1, 0.15) is 31.1 Å². The molecule has 2 aromatic rings. The average Bonchev–Trinajstić information content (AvgIpc) is 3.02. The predicted octanol–water partition coefficient (Wildman–Crippen LogP) is 4.32. The smallest absolute Gasteiger partial charge is 0.111 e. The summed E-state index contributed by atoms with van der Waals surface area (Å²) in [5.41, 5.74) is 2.21. The first kappa shape index (κ1) is 14.4. The molecule has 0 radical (unpaired) electrons. The first-order valence-electron chi connectivity index (χ1n) is 6.99. The molecule has 3 nitrogen and oxygen atoms in total. The molecule has 1 saturated carbocycles. The Bertz CT molecular complexity index is 613. The molecule has 1 aromatic heterocycles. The van der Waals surface area contributed by atoms with E-state index in [9.17, 15) is 0 Å². The van der Waals surface area contributed by atoms with Gasteiger partial charge in [0.1, 0.15) is 5.82 Å². The van der Waals surface area contributed by atoms with E-state index in [1.165, 1.54) is 11.9 Å². The fourth-order valence-electron chi connectivity index (χ4n) is 3.22. The minimum atomic E-state index is 0.278. The second kappa shape index (κ2) is 6.04. The number of aromatic nitrogens is 2. The van der Waals surface area contributed by atoms with Crippen LogP contribution in [0.4, 0.5) is 0 Å². The highest BCUT2D eigenvalue weighted by atomic mass is 79.9. The number of hydrogen-bond donors (Lipinski definition) is 0. The van der Waals surface area contributed by atoms with E-state index in [-0.39, 0.29) is 6.10 Å². The first-order valence-corrected chi connectivity index (χ1v) is 8.32. The Morgan fingerprint density at radius 3 is 3.05 bits per heavy atom. The monoisotopic (exact) mass is 356 g/mol. The predicted molar refractivity (Wildman–Crippen MR) is 85.5 cm³/mol. The van der Waals surface area contributed by atoms with Crippen molar-refractivity contribution in [2.24, 2.45) is 0 Å². The van der Waals surface area contributed by atoms with Gasteiger partial charge < -0.3 is 9.30 Å². The largest absolute Gasteiger partial charge is 0.379 e. The molecule has 108 valence electrons.